The summed E-state index contributed by atoms with van der Waals surface area (Å²) in [6, 6.07) is 33.3. The monoisotopic (exact) mass is 673 g/mol. The van der Waals surface area contributed by atoms with Crippen LogP contribution in [0, 0.1) is 12.7 Å². The second kappa shape index (κ2) is 13.4. The first-order chi connectivity index (χ1) is 23.4. The van der Waals surface area contributed by atoms with Gasteiger partial charge in [-0.1, -0.05) is 102 Å². The first-order valence-electron chi connectivity index (χ1n) is 15.1. The highest BCUT2D eigenvalue weighted by molar-refractivity contribution is 8.00. The SMILES string of the molecule is Cc1ccccc1COc1ccc(C(O)=C2C(=O)C(=O)N(c3nnc(SCc4cccc5ccccc45)s3)C2c2ccc(F)cc2)cc1. The number of halogens is 1. The molecule has 2 heterocycles. The Morgan fingerprint density at radius 2 is 1.58 bits per heavy atom. The van der Waals surface area contributed by atoms with E-state index in [1.54, 1.807) is 24.3 Å². The number of ketones is 1. The fourth-order valence-electron chi connectivity index (χ4n) is 5.70. The summed E-state index contributed by atoms with van der Waals surface area (Å²) in [5.74, 6) is -1.35. The van der Waals surface area contributed by atoms with Crippen molar-refractivity contribution in [3.05, 3.63) is 154 Å². The van der Waals surface area contributed by atoms with Crippen molar-refractivity contribution < 1.29 is 23.8 Å². The molecule has 0 bridgehead atoms. The van der Waals surface area contributed by atoms with Crippen LogP contribution in [0.3, 0.4) is 0 Å². The van der Waals surface area contributed by atoms with Crippen molar-refractivity contribution in [2.24, 2.45) is 0 Å². The highest BCUT2D eigenvalue weighted by Crippen LogP contribution is 2.44. The molecule has 1 N–H and O–H groups in total. The molecule has 1 aliphatic heterocycles. The number of hydrogen-bond acceptors (Lipinski definition) is 8. The Labute approximate surface area is 284 Å². The number of nitrogens with zero attached hydrogens (tertiary/aromatic N) is 3. The normalized spacial score (nSPS) is 15.7. The number of aliphatic hydroxyl groups excluding tert-OH is 1. The smallest absolute Gasteiger partial charge is 0.301 e. The summed E-state index contributed by atoms with van der Waals surface area (Å²) in [6.45, 7) is 2.39. The van der Waals surface area contributed by atoms with E-state index in [2.05, 4.69) is 34.5 Å². The summed E-state index contributed by atoms with van der Waals surface area (Å²) in [7, 11) is 0. The number of aliphatic hydroxyl groups is 1. The maximum absolute atomic E-state index is 14.0. The molecule has 6 aromatic rings. The van der Waals surface area contributed by atoms with Crippen molar-refractivity contribution in [3.63, 3.8) is 0 Å². The van der Waals surface area contributed by atoms with Crippen molar-refractivity contribution in [3.8, 4) is 5.75 Å². The molecule has 0 aliphatic carbocycles. The molecule has 0 radical (unpaired) electrons. The van der Waals surface area contributed by atoms with E-state index in [-0.39, 0.29) is 16.5 Å². The number of ether oxygens (including phenoxy) is 1. The third kappa shape index (κ3) is 6.20. The topological polar surface area (TPSA) is 92.6 Å². The molecule has 1 saturated heterocycles. The number of carbonyl (C=O) groups is 2. The van der Waals surface area contributed by atoms with E-state index in [4.69, 9.17) is 4.74 Å². The standard InChI is InChI=1S/C38H28FN3O4S2/c1-23-7-2-3-9-27(23)21-46-30-19-15-26(16-20-30)34(43)32-33(25-13-17-29(39)18-14-25)42(36(45)35(32)44)37-40-41-38(48-37)47-22-28-11-6-10-24-8-4-5-12-31(24)28/h2-20,33,43H,21-22H2,1H3. The lowest BCUT2D eigenvalue weighted by atomic mass is 9.95. The van der Waals surface area contributed by atoms with Gasteiger partial charge in [0, 0.05) is 11.3 Å². The Hall–Kier alpha value is -5.32. The van der Waals surface area contributed by atoms with Gasteiger partial charge in [0.05, 0.1) is 11.6 Å². The Balaban J connectivity index is 1.18. The van der Waals surface area contributed by atoms with Gasteiger partial charge in [-0.15, -0.1) is 10.2 Å². The lowest BCUT2D eigenvalue weighted by molar-refractivity contribution is -0.132. The van der Waals surface area contributed by atoms with Gasteiger partial charge in [0.2, 0.25) is 5.13 Å². The van der Waals surface area contributed by atoms with E-state index in [0.717, 1.165) is 27.5 Å². The third-order valence-electron chi connectivity index (χ3n) is 8.25. The molecule has 1 unspecified atom stereocenters. The van der Waals surface area contributed by atoms with E-state index >= 15 is 0 Å². The highest BCUT2D eigenvalue weighted by atomic mass is 32.2. The van der Waals surface area contributed by atoms with Gasteiger partial charge < -0.3 is 9.84 Å². The van der Waals surface area contributed by atoms with Crippen molar-refractivity contribution >= 4 is 56.5 Å². The predicted octanol–water partition coefficient (Wildman–Crippen LogP) is 8.64. The minimum atomic E-state index is -1.05. The summed E-state index contributed by atoms with van der Waals surface area (Å²) >= 11 is 2.65. The van der Waals surface area contributed by atoms with Crippen LogP contribution in [-0.4, -0.2) is 27.0 Å². The molecule has 1 aromatic heterocycles. The lowest BCUT2D eigenvalue weighted by Crippen LogP contribution is -2.29. The zero-order valence-corrected chi connectivity index (χ0v) is 27.3. The van der Waals surface area contributed by atoms with Gasteiger partial charge in [-0.2, -0.15) is 0 Å². The fourth-order valence-corrected chi connectivity index (χ4v) is 7.58. The van der Waals surface area contributed by atoms with Crippen LogP contribution in [-0.2, 0) is 21.9 Å². The molecular formula is C38H28FN3O4S2. The number of benzene rings is 5. The Morgan fingerprint density at radius 3 is 2.38 bits per heavy atom. The van der Waals surface area contributed by atoms with E-state index in [1.165, 1.54) is 52.3 Å². The molecule has 0 spiro atoms. The Morgan fingerprint density at radius 1 is 0.875 bits per heavy atom. The zero-order chi connectivity index (χ0) is 33.2. The highest BCUT2D eigenvalue weighted by Gasteiger charge is 2.48. The zero-order valence-electron chi connectivity index (χ0n) is 25.7. The first-order valence-corrected chi connectivity index (χ1v) is 16.9. The average molecular weight is 674 g/mol. The quantitative estimate of drug-likeness (QED) is 0.0540. The summed E-state index contributed by atoms with van der Waals surface area (Å²) in [4.78, 5) is 28.4. The van der Waals surface area contributed by atoms with Crippen LogP contribution in [0.4, 0.5) is 9.52 Å². The van der Waals surface area contributed by atoms with Crippen LogP contribution in [0.2, 0.25) is 0 Å². The molecule has 7 rings (SSSR count). The van der Waals surface area contributed by atoms with E-state index in [1.807, 2.05) is 49.4 Å². The number of hydrogen-bond donors (Lipinski definition) is 1. The number of aryl methyl sites for hydroxylation is 1. The summed E-state index contributed by atoms with van der Waals surface area (Å²) in [5, 5.41) is 22.6. The van der Waals surface area contributed by atoms with Gasteiger partial charge in [-0.25, -0.2) is 4.39 Å². The maximum atomic E-state index is 14.0. The number of fused-ring (bicyclic) bond motifs is 1. The van der Waals surface area contributed by atoms with Crippen LogP contribution >= 0.6 is 23.1 Å². The van der Waals surface area contributed by atoms with E-state index < -0.39 is 23.5 Å². The van der Waals surface area contributed by atoms with E-state index in [9.17, 15) is 19.1 Å². The molecule has 238 valence electrons. The second-order valence-corrected chi connectivity index (χ2v) is 13.4. The van der Waals surface area contributed by atoms with Crippen LogP contribution in [0.25, 0.3) is 16.5 Å². The molecule has 48 heavy (non-hydrogen) atoms. The molecule has 7 nitrogen and oxygen atoms in total. The third-order valence-corrected chi connectivity index (χ3v) is 10.4. The number of amides is 1. The van der Waals surface area contributed by atoms with Gasteiger partial charge in [0.25, 0.3) is 5.78 Å². The van der Waals surface area contributed by atoms with Crippen LogP contribution in [0.15, 0.2) is 125 Å². The maximum Gasteiger partial charge on any atom is 0.301 e. The molecule has 0 saturated carbocycles. The minimum Gasteiger partial charge on any atom is -0.507 e. The lowest BCUT2D eigenvalue weighted by Gasteiger charge is -2.22. The number of rotatable bonds is 9. The summed E-state index contributed by atoms with van der Waals surface area (Å²) in [6.07, 6.45) is 0. The van der Waals surface area contributed by atoms with Crippen molar-refractivity contribution in [2.45, 2.75) is 29.7 Å². The van der Waals surface area contributed by atoms with Gasteiger partial charge in [0.15, 0.2) is 4.34 Å². The average Bonchev–Trinajstić information content (AvgIpc) is 3.68. The Kier molecular flexibility index (Phi) is 8.75. The van der Waals surface area contributed by atoms with Gasteiger partial charge in [0.1, 0.15) is 23.9 Å². The van der Waals surface area contributed by atoms with Gasteiger partial charge >= 0.3 is 5.91 Å². The first kappa shape index (κ1) is 31.3. The van der Waals surface area contributed by atoms with Gasteiger partial charge in [-0.3, -0.25) is 14.5 Å². The molecule has 1 amide bonds. The number of thioether (sulfide) groups is 1. The van der Waals surface area contributed by atoms with Crippen molar-refractivity contribution in [1.29, 1.82) is 0 Å². The molecule has 5 aromatic carbocycles. The van der Waals surface area contributed by atoms with Crippen molar-refractivity contribution in [1.82, 2.24) is 10.2 Å². The van der Waals surface area contributed by atoms with Crippen LogP contribution < -0.4 is 9.64 Å². The molecular weight excluding hydrogens is 646 g/mol. The molecule has 10 heteroatoms. The van der Waals surface area contributed by atoms with E-state index in [0.29, 0.717) is 33.6 Å². The molecule has 1 fully saturated rings. The minimum absolute atomic E-state index is 0.125. The predicted molar refractivity (Wildman–Crippen MR) is 187 cm³/mol. The largest absolute Gasteiger partial charge is 0.507 e. The van der Waals surface area contributed by atoms with Crippen molar-refractivity contribution in [2.75, 3.05) is 4.90 Å². The molecule has 1 aliphatic rings. The number of carbonyl (C=O) groups excluding carboxylic acids is 2. The van der Waals surface area contributed by atoms with Gasteiger partial charge in [-0.05, 0) is 76.3 Å². The summed E-state index contributed by atoms with van der Waals surface area (Å²) < 4.78 is 20.5. The Bertz CT molecular complexity index is 2180. The van der Waals surface area contributed by atoms with Crippen LogP contribution in [0.1, 0.15) is 33.9 Å². The number of aromatic nitrogens is 2. The molecule has 1 atom stereocenters. The fraction of sp³-hybridized carbons (Fsp3) is 0.105. The van der Waals surface area contributed by atoms with Crippen LogP contribution in [0.5, 0.6) is 5.75 Å². The number of Topliss-reactive ketones (excluding diaryl/α,β-unsaturated/α-hetero) is 1. The summed E-state index contributed by atoms with van der Waals surface area (Å²) in [5.41, 5.74) is 3.94. The number of anilines is 1. The second-order valence-electron chi connectivity index (χ2n) is 11.2.